The molecule has 0 radical (unpaired) electrons. The molecule has 0 aromatic heterocycles. The van der Waals surface area contributed by atoms with Crippen molar-refractivity contribution in [2.45, 2.75) is 58.0 Å². The summed E-state index contributed by atoms with van der Waals surface area (Å²) in [6, 6.07) is 21.1. The summed E-state index contributed by atoms with van der Waals surface area (Å²) in [6.45, 7) is 12.4. The van der Waals surface area contributed by atoms with E-state index in [-0.39, 0.29) is 17.0 Å². The fourth-order valence-electron chi connectivity index (χ4n) is 4.69. The molecule has 0 saturated carbocycles. The number of nitrogens with zero attached hydrogens (tertiary/aromatic N) is 1. The van der Waals surface area contributed by atoms with Gasteiger partial charge >= 0.3 is 0 Å². The second kappa shape index (κ2) is 13.0. The van der Waals surface area contributed by atoms with E-state index in [1.807, 2.05) is 47.4 Å². The average molecular weight is 589 g/mol. The van der Waals surface area contributed by atoms with E-state index in [2.05, 4.69) is 52.1 Å². The maximum Gasteiger partial charge on any atom is 0.256 e. The zero-order chi connectivity index (χ0) is 30.5. The van der Waals surface area contributed by atoms with Gasteiger partial charge in [-0.15, -0.1) is 0 Å². The van der Waals surface area contributed by atoms with Gasteiger partial charge in [0.25, 0.3) is 5.91 Å². The third-order valence-electron chi connectivity index (χ3n) is 8.40. The summed E-state index contributed by atoms with van der Waals surface area (Å²) in [5, 5.41) is 0.0541. The summed E-state index contributed by atoms with van der Waals surface area (Å²) in [5.41, 5.74) is 10.5. The smallest absolute Gasteiger partial charge is 0.256 e. The van der Waals surface area contributed by atoms with Gasteiger partial charge in [-0.3, -0.25) is 4.79 Å². The molecular formula is C34H44N2O5Si. The van der Waals surface area contributed by atoms with E-state index in [0.717, 1.165) is 16.9 Å². The Bertz CT molecular complexity index is 1400. The number of nitrogens with two attached hydrogens (primary N) is 1. The molecule has 1 aliphatic rings. The van der Waals surface area contributed by atoms with E-state index in [1.54, 1.807) is 26.4 Å². The minimum Gasteiger partial charge on any atom is -0.497 e. The van der Waals surface area contributed by atoms with Crippen LogP contribution in [-0.4, -0.2) is 52.5 Å². The largest absolute Gasteiger partial charge is 0.497 e. The van der Waals surface area contributed by atoms with Crippen LogP contribution in [0, 0.1) is 0 Å². The molecule has 1 amide bonds. The highest BCUT2D eigenvalue weighted by atomic mass is 28.4. The van der Waals surface area contributed by atoms with Gasteiger partial charge in [-0.05, 0) is 59.5 Å². The molecule has 0 saturated heterocycles. The number of carbonyl (C=O) groups excluding carboxylic acids is 1. The van der Waals surface area contributed by atoms with Crippen LogP contribution in [-0.2, 0) is 11.0 Å². The lowest BCUT2D eigenvalue weighted by atomic mass is 9.93. The van der Waals surface area contributed by atoms with Crippen molar-refractivity contribution in [3.05, 3.63) is 89.5 Å². The summed E-state index contributed by atoms with van der Waals surface area (Å²) in [5.74, 6) is 1.61. The predicted octanol–water partition coefficient (Wildman–Crippen LogP) is 7.18. The van der Waals surface area contributed by atoms with E-state index in [9.17, 15) is 4.79 Å². The minimum atomic E-state index is -2.05. The van der Waals surface area contributed by atoms with Crippen LogP contribution in [0.3, 0.4) is 0 Å². The minimum absolute atomic E-state index is 0.0541. The van der Waals surface area contributed by atoms with Crippen LogP contribution in [0.15, 0.2) is 72.8 Å². The Labute approximate surface area is 251 Å². The number of hydrogen-bond acceptors (Lipinski definition) is 6. The van der Waals surface area contributed by atoms with Gasteiger partial charge in [0.2, 0.25) is 0 Å². The van der Waals surface area contributed by atoms with Crippen molar-refractivity contribution < 1.29 is 23.4 Å². The zero-order valence-corrected chi connectivity index (χ0v) is 26.9. The summed E-state index contributed by atoms with van der Waals surface area (Å²) < 4.78 is 23.6. The molecule has 0 unspecified atom stereocenters. The van der Waals surface area contributed by atoms with Gasteiger partial charge in [-0.2, -0.15) is 0 Å². The monoisotopic (exact) mass is 588 g/mol. The first kappa shape index (κ1) is 31.2. The van der Waals surface area contributed by atoms with Crippen LogP contribution in [0.4, 0.5) is 5.69 Å². The number of methoxy groups -OCH3 is 2. The van der Waals surface area contributed by atoms with Gasteiger partial charge in [0.1, 0.15) is 12.4 Å². The maximum absolute atomic E-state index is 14.1. The molecular weight excluding hydrogens is 544 g/mol. The second-order valence-corrected chi connectivity index (χ2v) is 17.0. The van der Waals surface area contributed by atoms with E-state index in [1.165, 1.54) is 5.57 Å². The molecule has 7 nitrogen and oxygen atoms in total. The fourth-order valence-corrected chi connectivity index (χ4v) is 5.73. The topological polar surface area (TPSA) is 83.2 Å². The van der Waals surface area contributed by atoms with Crippen molar-refractivity contribution in [2.24, 2.45) is 0 Å². The first-order valence-electron chi connectivity index (χ1n) is 14.4. The molecule has 4 rings (SSSR count). The molecule has 0 spiro atoms. The lowest BCUT2D eigenvalue weighted by Gasteiger charge is -2.41. The van der Waals surface area contributed by atoms with Crippen LogP contribution in [0.2, 0.25) is 18.1 Å². The molecule has 0 fully saturated rings. The molecule has 1 heterocycles. The molecule has 3 aromatic rings. The Balaban J connectivity index is 1.61. The van der Waals surface area contributed by atoms with Crippen LogP contribution < -0.4 is 19.9 Å². The van der Waals surface area contributed by atoms with Gasteiger partial charge in [0.05, 0.1) is 32.4 Å². The molecule has 1 atom stereocenters. The summed E-state index contributed by atoms with van der Waals surface area (Å²) in [6.07, 6.45) is 2.79. The molecule has 0 bridgehead atoms. The fraction of sp³-hybridized carbons (Fsp3) is 0.382. The van der Waals surface area contributed by atoms with Crippen LogP contribution in [0.5, 0.6) is 17.2 Å². The van der Waals surface area contributed by atoms with E-state index < -0.39 is 8.32 Å². The van der Waals surface area contributed by atoms with Crippen molar-refractivity contribution in [1.82, 2.24) is 4.90 Å². The van der Waals surface area contributed by atoms with Gasteiger partial charge in [-0.25, -0.2) is 0 Å². The SMILES string of the molecule is COc1ccc(C2=CCN(C(=O)c3cc(OC)c(OCc4ccccc4)cc3N)[C@H](CO[Si](C)(C)C(C)(C)C)C2)cc1. The number of amides is 1. The number of ether oxygens (including phenoxy) is 3. The Kier molecular flexibility index (Phi) is 9.69. The zero-order valence-electron chi connectivity index (χ0n) is 25.9. The molecule has 1 aliphatic heterocycles. The average Bonchev–Trinajstić information content (AvgIpc) is 2.98. The Morgan fingerprint density at radius 1 is 0.976 bits per heavy atom. The highest BCUT2D eigenvalue weighted by Crippen LogP contribution is 2.39. The first-order chi connectivity index (χ1) is 19.9. The summed E-state index contributed by atoms with van der Waals surface area (Å²) in [7, 11) is 1.18. The number of nitrogen functional groups attached to an aromatic ring is 1. The Morgan fingerprint density at radius 3 is 2.29 bits per heavy atom. The van der Waals surface area contributed by atoms with Gasteiger partial charge < -0.3 is 29.3 Å². The lowest BCUT2D eigenvalue weighted by molar-refractivity contribution is 0.0627. The molecule has 2 N–H and O–H groups in total. The van der Waals surface area contributed by atoms with E-state index >= 15 is 0 Å². The Morgan fingerprint density at radius 2 is 1.67 bits per heavy atom. The van der Waals surface area contributed by atoms with Crippen molar-refractivity contribution in [3.8, 4) is 17.2 Å². The van der Waals surface area contributed by atoms with Crippen LogP contribution >= 0.6 is 0 Å². The lowest BCUT2D eigenvalue weighted by Crippen LogP contribution is -2.49. The van der Waals surface area contributed by atoms with Gasteiger partial charge in [0, 0.05) is 18.3 Å². The van der Waals surface area contributed by atoms with Crippen LogP contribution in [0.25, 0.3) is 5.57 Å². The van der Waals surface area contributed by atoms with Crippen molar-refractivity contribution in [3.63, 3.8) is 0 Å². The van der Waals surface area contributed by atoms with Crippen molar-refractivity contribution in [2.75, 3.05) is 33.1 Å². The highest BCUT2D eigenvalue weighted by Gasteiger charge is 2.39. The number of hydrogen-bond donors (Lipinski definition) is 1. The Hall–Kier alpha value is -3.75. The summed E-state index contributed by atoms with van der Waals surface area (Å²) in [4.78, 5) is 16.0. The summed E-state index contributed by atoms with van der Waals surface area (Å²) >= 11 is 0. The molecule has 8 heteroatoms. The quantitative estimate of drug-likeness (QED) is 0.199. The molecule has 0 aliphatic carbocycles. The van der Waals surface area contributed by atoms with Crippen molar-refractivity contribution >= 4 is 25.5 Å². The van der Waals surface area contributed by atoms with E-state index in [0.29, 0.717) is 48.9 Å². The number of anilines is 1. The normalized spacial score (nSPS) is 15.6. The molecule has 3 aromatic carbocycles. The second-order valence-electron chi connectivity index (χ2n) is 12.2. The highest BCUT2D eigenvalue weighted by molar-refractivity contribution is 6.74. The first-order valence-corrected chi connectivity index (χ1v) is 17.3. The third-order valence-corrected chi connectivity index (χ3v) is 12.9. The molecule has 224 valence electrons. The maximum atomic E-state index is 14.1. The predicted molar refractivity (Wildman–Crippen MR) is 172 cm³/mol. The number of rotatable bonds is 10. The number of benzene rings is 3. The third kappa shape index (κ3) is 7.17. The molecule has 42 heavy (non-hydrogen) atoms. The van der Waals surface area contributed by atoms with Crippen molar-refractivity contribution in [1.29, 1.82) is 0 Å². The van der Waals surface area contributed by atoms with E-state index in [4.69, 9.17) is 24.4 Å². The van der Waals surface area contributed by atoms with Gasteiger partial charge in [-0.1, -0.05) is 69.3 Å². The standard InChI is InChI=1S/C34H44N2O5Si/c1-34(2,3)42(6,7)41-23-27-19-26(25-13-15-28(38-4)16-14-25)17-18-36(27)33(37)29-20-31(39-5)32(21-30(29)35)40-22-24-11-9-8-10-12-24/h8-17,20-21,27H,18-19,22-23,35H2,1-7H3/t27-/m0/s1. The van der Waals surface area contributed by atoms with Gasteiger partial charge in [0.15, 0.2) is 19.8 Å². The number of carbonyl (C=O) groups is 1. The van der Waals surface area contributed by atoms with Crippen LogP contribution in [0.1, 0.15) is 48.7 Å².